The fraction of sp³-hybridized carbons (Fsp3) is 0.427. The van der Waals surface area contributed by atoms with Crippen LogP contribution in [0, 0.1) is 13.8 Å². The number of aryl methyl sites for hydroxylation is 4. The normalized spacial score (nSPS) is 19.8. The van der Waals surface area contributed by atoms with Gasteiger partial charge >= 0.3 is 5.97 Å². The molecule has 0 radical (unpaired) electrons. The summed E-state index contributed by atoms with van der Waals surface area (Å²) in [5.41, 5.74) is 31.8. The zero-order chi connectivity index (χ0) is 56.8. The summed E-state index contributed by atoms with van der Waals surface area (Å²) in [6.45, 7) is 47.1. The minimum Gasteiger partial charge on any atom is -0.494 e. The van der Waals surface area contributed by atoms with Gasteiger partial charge in [-0.2, -0.15) is 0 Å². The van der Waals surface area contributed by atoms with Crippen molar-refractivity contribution in [2.45, 2.75) is 193 Å². The third-order valence-electron chi connectivity index (χ3n) is 21.4. The predicted octanol–water partition coefficient (Wildman–Crippen LogP) is 18.6. The quantitative estimate of drug-likeness (QED) is 0.0379. The lowest BCUT2D eigenvalue weighted by molar-refractivity contribution is -0.137. The van der Waals surface area contributed by atoms with E-state index in [1.165, 1.54) is 160 Å². The Hall–Kier alpha value is -6.59. The smallest absolute Gasteiger partial charge is 0.330 e. The van der Waals surface area contributed by atoms with E-state index < -0.39 is 0 Å². The first-order chi connectivity index (χ1) is 37.7. The number of allylic oxidation sites excluding steroid dienone is 1. The molecule has 6 aromatic carbocycles. The molecule has 0 atom stereocenters. The maximum absolute atomic E-state index is 12.1. The van der Waals surface area contributed by atoms with Crippen molar-refractivity contribution in [3.63, 3.8) is 0 Å². The van der Waals surface area contributed by atoms with Gasteiger partial charge in [0, 0.05) is 44.0 Å². The van der Waals surface area contributed by atoms with Crippen molar-refractivity contribution in [1.82, 2.24) is 0 Å². The summed E-state index contributed by atoms with van der Waals surface area (Å²) in [5.74, 6) is 0.268. The lowest BCUT2D eigenvalue weighted by Gasteiger charge is -2.56. The Morgan fingerprint density at radius 1 is 0.438 bits per heavy atom. The average Bonchev–Trinajstić information content (AvgIpc) is 3.51. The molecule has 7 aliphatic rings. The molecule has 80 heavy (non-hydrogen) atoms. The SMILES string of the molecule is C=CC(=C)OCCCc1cc2c3c(c1)C(C)(C)c1cc(C4(c5cc6c7c(c5)C(C)(C)c5cc(CCCOC(=O)C=C)cc8c5N7c5c(cc(C)cc5C6(C)C)C8(C)C)CCCCC4)cc4c1N3c1c(cc(C)cc1C4(C)C)C2(C)C. The van der Waals surface area contributed by atoms with Gasteiger partial charge in [0.15, 0.2) is 0 Å². The molecule has 6 aliphatic heterocycles. The maximum atomic E-state index is 12.1. The zero-order valence-electron chi connectivity index (χ0n) is 50.6. The Kier molecular flexibility index (Phi) is 11.4. The Morgan fingerprint density at radius 3 is 1.02 bits per heavy atom. The highest BCUT2D eigenvalue weighted by Gasteiger charge is 2.56. The molecule has 5 nitrogen and oxygen atoms in total. The molecule has 0 saturated heterocycles. The summed E-state index contributed by atoms with van der Waals surface area (Å²) in [6.07, 6.45) is 12.2. The van der Waals surface area contributed by atoms with Crippen LogP contribution in [0.25, 0.3) is 0 Å². The molecule has 0 N–H and O–H groups in total. The van der Waals surface area contributed by atoms with Gasteiger partial charge in [0.25, 0.3) is 0 Å². The van der Waals surface area contributed by atoms with Crippen LogP contribution in [-0.2, 0) is 65.0 Å². The highest BCUT2D eigenvalue weighted by molar-refractivity contribution is 6.01. The number of hydrogen-bond acceptors (Lipinski definition) is 5. The van der Waals surface area contributed by atoms with Crippen LogP contribution >= 0.6 is 0 Å². The van der Waals surface area contributed by atoms with Crippen LogP contribution in [0.4, 0.5) is 34.1 Å². The van der Waals surface area contributed by atoms with Crippen LogP contribution < -0.4 is 9.80 Å². The van der Waals surface area contributed by atoms with Gasteiger partial charge in [0.2, 0.25) is 0 Å². The summed E-state index contributed by atoms with van der Waals surface area (Å²) < 4.78 is 11.5. The number of carbonyl (C=O) groups excluding carboxylic acids is 1. The van der Waals surface area contributed by atoms with Gasteiger partial charge in [-0.15, -0.1) is 0 Å². The van der Waals surface area contributed by atoms with Crippen LogP contribution in [0.2, 0.25) is 0 Å². The van der Waals surface area contributed by atoms with Crippen LogP contribution in [-0.4, -0.2) is 19.2 Å². The van der Waals surface area contributed by atoms with E-state index in [4.69, 9.17) is 9.47 Å². The topological polar surface area (TPSA) is 42.0 Å². The van der Waals surface area contributed by atoms with E-state index >= 15 is 0 Å². The van der Waals surface area contributed by atoms with Gasteiger partial charge < -0.3 is 19.3 Å². The first-order valence-corrected chi connectivity index (χ1v) is 30.1. The first kappa shape index (κ1) is 52.8. The summed E-state index contributed by atoms with van der Waals surface area (Å²) in [5, 5.41) is 0. The zero-order valence-corrected chi connectivity index (χ0v) is 50.6. The standard InChI is InChI=1S/C75H84N2O3/c1-18-45(5)79-29-23-25-46-35-54-65-56(37-46)73(14,15)60-41-48(39-58-67(60)76(65)63-50(69(54,6)7)31-43(3)33-52(63)71(58,10)11)75(27-21-20-22-28-75)49-40-59-68-61(42-49)74(16,17)57-38-47(26-24-30-80-62(78)19-2)36-55-66(57)77(68)64-51(70(55,8)9)32-44(4)34-53(64)72(59,12)13/h18-19,31-42H,1-2,5,20-30H2,3-4,6-17H3. The Labute approximate surface area is 478 Å². The molecule has 0 amide bonds. The second kappa shape index (κ2) is 17.2. The number of anilines is 6. The Morgan fingerprint density at radius 2 is 0.725 bits per heavy atom. The van der Waals surface area contributed by atoms with E-state index in [1.807, 2.05) is 0 Å². The molecular weight excluding hydrogens is 977 g/mol. The van der Waals surface area contributed by atoms with Gasteiger partial charge in [-0.05, 0) is 147 Å². The average molecular weight is 1060 g/mol. The second-order valence-electron chi connectivity index (χ2n) is 28.5. The molecule has 1 fully saturated rings. The predicted molar refractivity (Wildman–Crippen MR) is 331 cm³/mol. The number of nitrogens with zero attached hydrogens (tertiary/aromatic N) is 2. The van der Waals surface area contributed by atoms with Crippen molar-refractivity contribution in [2.24, 2.45) is 0 Å². The summed E-state index contributed by atoms with van der Waals surface area (Å²) >= 11 is 0. The van der Waals surface area contributed by atoms with Gasteiger partial charge in [0.05, 0.1) is 47.3 Å². The highest BCUT2D eigenvalue weighted by Crippen LogP contribution is 2.70. The van der Waals surface area contributed by atoms with E-state index in [-0.39, 0.29) is 43.9 Å². The van der Waals surface area contributed by atoms with E-state index in [1.54, 1.807) is 6.08 Å². The summed E-state index contributed by atoms with van der Waals surface area (Å²) in [4.78, 5) is 17.6. The molecule has 0 bridgehead atoms. The minimum atomic E-state index is -0.363. The van der Waals surface area contributed by atoms with E-state index in [9.17, 15) is 4.79 Å². The molecule has 0 unspecified atom stereocenters. The van der Waals surface area contributed by atoms with Crippen molar-refractivity contribution >= 4 is 40.1 Å². The first-order valence-electron chi connectivity index (χ1n) is 30.1. The summed E-state index contributed by atoms with van der Waals surface area (Å²) in [7, 11) is 0. The second-order valence-corrected chi connectivity index (χ2v) is 28.5. The molecule has 1 aliphatic carbocycles. The number of hydrogen-bond donors (Lipinski definition) is 0. The molecule has 0 aromatic heterocycles. The molecule has 5 heteroatoms. The summed E-state index contributed by atoms with van der Waals surface area (Å²) in [6, 6.07) is 31.0. The van der Waals surface area contributed by atoms with Crippen molar-refractivity contribution < 1.29 is 14.3 Å². The van der Waals surface area contributed by atoms with Gasteiger partial charge in [0.1, 0.15) is 5.76 Å². The highest BCUT2D eigenvalue weighted by atomic mass is 16.5. The van der Waals surface area contributed by atoms with Crippen LogP contribution in [0.5, 0.6) is 0 Å². The molecule has 0 spiro atoms. The number of benzene rings is 6. The van der Waals surface area contributed by atoms with Crippen molar-refractivity contribution in [1.29, 1.82) is 0 Å². The van der Waals surface area contributed by atoms with Gasteiger partial charge in [-0.1, -0.05) is 206 Å². The van der Waals surface area contributed by atoms with Crippen molar-refractivity contribution in [3.05, 3.63) is 211 Å². The Bertz CT molecular complexity index is 3530. The fourth-order valence-corrected chi connectivity index (χ4v) is 16.7. The van der Waals surface area contributed by atoms with Gasteiger partial charge in [-0.25, -0.2) is 4.79 Å². The van der Waals surface area contributed by atoms with E-state index in [2.05, 4.69) is 199 Å². The van der Waals surface area contributed by atoms with Crippen LogP contribution in [0.3, 0.4) is 0 Å². The lowest BCUT2D eigenvalue weighted by atomic mass is 9.56. The van der Waals surface area contributed by atoms with Crippen LogP contribution in [0.1, 0.15) is 228 Å². The number of ether oxygens (including phenoxy) is 2. The largest absolute Gasteiger partial charge is 0.494 e. The molecule has 6 heterocycles. The monoisotopic (exact) mass is 1060 g/mol. The van der Waals surface area contributed by atoms with E-state index in [0.29, 0.717) is 19.0 Å². The lowest BCUT2D eigenvalue weighted by Crippen LogP contribution is -2.45. The maximum Gasteiger partial charge on any atom is 0.330 e. The molecule has 13 rings (SSSR count). The van der Waals surface area contributed by atoms with E-state index in [0.717, 1.165) is 38.5 Å². The molecule has 412 valence electrons. The molecular formula is C75H84N2O3. The fourth-order valence-electron chi connectivity index (χ4n) is 16.7. The third-order valence-corrected chi connectivity index (χ3v) is 21.4. The van der Waals surface area contributed by atoms with Crippen molar-refractivity contribution in [3.8, 4) is 0 Å². The number of esters is 1. The number of carbonyl (C=O) groups is 1. The third kappa shape index (κ3) is 6.97. The van der Waals surface area contributed by atoms with Gasteiger partial charge in [-0.3, -0.25) is 0 Å². The van der Waals surface area contributed by atoms with Crippen LogP contribution in [0.15, 0.2) is 110 Å². The Balaban J connectivity index is 1.04. The molecule has 6 aromatic rings. The van der Waals surface area contributed by atoms with Crippen molar-refractivity contribution in [2.75, 3.05) is 23.0 Å². The minimum absolute atomic E-state index is 0.210. The molecule has 1 saturated carbocycles. The number of rotatable bonds is 13.